The molecule has 0 aliphatic carbocycles. The van der Waals surface area contributed by atoms with E-state index >= 15 is 0 Å². The Morgan fingerprint density at radius 1 is 1.22 bits per heavy atom. The van der Waals surface area contributed by atoms with Crippen molar-refractivity contribution in [1.82, 2.24) is 9.97 Å². The second-order valence-corrected chi connectivity index (χ2v) is 7.08. The van der Waals surface area contributed by atoms with Gasteiger partial charge in [-0.2, -0.15) is 0 Å². The van der Waals surface area contributed by atoms with Crippen LogP contribution >= 0.6 is 0 Å². The Labute approximate surface area is 156 Å². The summed E-state index contributed by atoms with van der Waals surface area (Å²) in [6, 6.07) is 5.30. The maximum atomic E-state index is 14.3. The molecule has 1 unspecified atom stereocenters. The van der Waals surface area contributed by atoms with Gasteiger partial charge in [-0.25, -0.2) is 23.9 Å². The molecule has 2 aromatic rings. The van der Waals surface area contributed by atoms with Crippen LogP contribution < -0.4 is 4.90 Å². The van der Waals surface area contributed by atoms with E-state index in [1.54, 1.807) is 6.33 Å². The van der Waals surface area contributed by atoms with E-state index in [2.05, 4.69) is 26.8 Å². The third-order valence-electron chi connectivity index (χ3n) is 5.03. The van der Waals surface area contributed by atoms with Gasteiger partial charge in [0.2, 0.25) is 0 Å². The Balaban J connectivity index is 1.45. The topological polar surface area (TPSA) is 53.6 Å². The Morgan fingerprint density at radius 2 is 2.07 bits per heavy atom. The maximum Gasteiger partial charge on any atom is 0.182 e. The Hall–Kier alpha value is -2.93. The molecule has 27 heavy (non-hydrogen) atoms. The number of ether oxygens (including phenoxy) is 1. The number of rotatable bonds is 3. The van der Waals surface area contributed by atoms with Gasteiger partial charge in [0.1, 0.15) is 30.6 Å². The van der Waals surface area contributed by atoms with E-state index in [1.807, 2.05) is 36.2 Å². The predicted octanol–water partition coefficient (Wildman–Crippen LogP) is 2.39. The molecule has 0 radical (unpaired) electrons. The highest BCUT2D eigenvalue weighted by Gasteiger charge is 2.28. The van der Waals surface area contributed by atoms with Gasteiger partial charge in [-0.15, -0.1) is 0 Å². The molecule has 0 saturated carbocycles. The van der Waals surface area contributed by atoms with Crippen molar-refractivity contribution in [1.29, 1.82) is 0 Å². The molecule has 1 atom stereocenters. The van der Waals surface area contributed by atoms with Crippen LogP contribution in [-0.2, 0) is 4.74 Å². The van der Waals surface area contributed by atoms with E-state index in [1.165, 1.54) is 6.07 Å². The largest absolute Gasteiger partial charge is 0.375 e. The smallest absolute Gasteiger partial charge is 0.182 e. The zero-order chi connectivity index (χ0) is 18.5. The Morgan fingerprint density at radius 3 is 2.85 bits per heavy atom. The van der Waals surface area contributed by atoms with Crippen molar-refractivity contribution >= 4 is 29.0 Å². The van der Waals surface area contributed by atoms with Crippen LogP contribution in [0.4, 0.5) is 15.9 Å². The number of aromatic nitrogens is 2. The summed E-state index contributed by atoms with van der Waals surface area (Å²) in [6.07, 6.45) is 5.55. The lowest BCUT2D eigenvalue weighted by atomic mass is 9.93. The number of allylic oxidation sites excluding steroid dienone is 1. The molecule has 5 rings (SSSR count). The molecule has 0 spiro atoms. The van der Waals surface area contributed by atoms with Gasteiger partial charge >= 0.3 is 0 Å². The molecule has 1 aromatic heterocycles. The lowest BCUT2D eigenvalue weighted by Crippen LogP contribution is -2.41. The lowest BCUT2D eigenvalue weighted by molar-refractivity contribution is -0.423. The number of benzene rings is 1. The summed E-state index contributed by atoms with van der Waals surface area (Å²) >= 11 is 0. The fourth-order valence-corrected chi connectivity index (χ4v) is 3.63. The number of nitrogens with zero attached hydrogens (tertiary/aromatic N) is 5. The third kappa shape index (κ3) is 2.75. The monoisotopic (exact) mass is 364 g/mol. The number of aliphatic imine (C=N–C) groups is 1. The molecule has 0 amide bonds. The van der Waals surface area contributed by atoms with Crippen molar-refractivity contribution in [2.24, 2.45) is 4.99 Å². The van der Waals surface area contributed by atoms with Gasteiger partial charge in [0.05, 0.1) is 29.8 Å². The fraction of sp³-hybridized carbons (Fsp3) is 0.300. The summed E-state index contributed by atoms with van der Waals surface area (Å²) in [5.74, 6) is 0.614. The summed E-state index contributed by atoms with van der Waals surface area (Å²) in [4.78, 5) is 15.5. The molecule has 1 fully saturated rings. The zero-order valence-electron chi connectivity index (χ0n) is 15.2. The SMILES string of the molecule is CC1CN(c2cc(C3=Nc4cc(F)c(C5=C[N+](C)=C5)cc43)ncn2)CCO1. The molecule has 7 heteroatoms. The summed E-state index contributed by atoms with van der Waals surface area (Å²) in [5, 5.41) is 0. The second-order valence-electron chi connectivity index (χ2n) is 7.08. The van der Waals surface area contributed by atoms with Crippen molar-refractivity contribution in [2.45, 2.75) is 13.0 Å². The van der Waals surface area contributed by atoms with E-state index in [0.29, 0.717) is 17.9 Å². The average Bonchev–Trinajstić information content (AvgIpc) is 2.62. The van der Waals surface area contributed by atoms with Crippen LogP contribution in [0.25, 0.3) is 5.57 Å². The third-order valence-corrected chi connectivity index (χ3v) is 5.03. The molecule has 0 bridgehead atoms. The number of hydrogen-bond acceptors (Lipinski definition) is 5. The van der Waals surface area contributed by atoms with Crippen LogP contribution in [0, 0.1) is 5.82 Å². The highest BCUT2D eigenvalue weighted by atomic mass is 19.1. The first-order chi connectivity index (χ1) is 13.1. The minimum atomic E-state index is -0.252. The minimum Gasteiger partial charge on any atom is -0.375 e. The van der Waals surface area contributed by atoms with E-state index in [0.717, 1.165) is 41.4 Å². The molecular weight excluding hydrogens is 345 g/mol. The minimum absolute atomic E-state index is 0.176. The Kier molecular flexibility index (Phi) is 3.65. The number of fused-ring (bicyclic) bond motifs is 1. The number of hydrogen-bond donors (Lipinski definition) is 0. The molecule has 1 saturated heterocycles. The maximum absolute atomic E-state index is 14.3. The van der Waals surface area contributed by atoms with Crippen LogP contribution in [0.15, 0.2) is 35.7 Å². The van der Waals surface area contributed by atoms with Crippen LogP contribution in [0.3, 0.4) is 0 Å². The van der Waals surface area contributed by atoms with Crippen molar-refractivity contribution < 1.29 is 13.7 Å². The van der Waals surface area contributed by atoms with Gasteiger partial charge in [0, 0.05) is 36.3 Å². The van der Waals surface area contributed by atoms with Crippen molar-refractivity contribution in [2.75, 3.05) is 31.6 Å². The zero-order valence-corrected chi connectivity index (χ0v) is 15.2. The van der Waals surface area contributed by atoms with Crippen LogP contribution in [0.1, 0.15) is 23.7 Å². The highest BCUT2D eigenvalue weighted by molar-refractivity contribution is 6.22. The fourth-order valence-electron chi connectivity index (χ4n) is 3.63. The first kappa shape index (κ1) is 16.3. The summed E-state index contributed by atoms with van der Waals surface area (Å²) in [7, 11) is 1.92. The van der Waals surface area contributed by atoms with Crippen molar-refractivity contribution in [3.05, 3.63) is 53.4 Å². The van der Waals surface area contributed by atoms with E-state index in [4.69, 9.17) is 4.74 Å². The van der Waals surface area contributed by atoms with Crippen molar-refractivity contribution in [3.63, 3.8) is 0 Å². The molecule has 3 aliphatic heterocycles. The van der Waals surface area contributed by atoms with Crippen LogP contribution in [-0.4, -0.2) is 59.3 Å². The molecule has 4 heterocycles. The van der Waals surface area contributed by atoms with E-state index in [-0.39, 0.29) is 11.9 Å². The average molecular weight is 364 g/mol. The first-order valence-corrected chi connectivity index (χ1v) is 8.99. The predicted molar refractivity (Wildman–Crippen MR) is 102 cm³/mol. The van der Waals surface area contributed by atoms with Gasteiger partial charge in [0.15, 0.2) is 12.4 Å². The summed E-state index contributed by atoms with van der Waals surface area (Å²) in [6.45, 7) is 4.34. The van der Waals surface area contributed by atoms with Gasteiger partial charge in [-0.3, -0.25) is 0 Å². The molecule has 6 nitrogen and oxygen atoms in total. The quantitative estimate of drug-likeness (QED) is 0.670. The van der Waals surface area contributed by atoms with Gasteiger partial charge in [-0.05, 0) is 13.0 Å². The normalized spacial score (nSPS) is 20.8. The molecule has 0 N–H and O–H groups in total. The number of anilines is 1. The molecule has 136 valence electrons. The van der Waals surface area contributed by atoms with Crippen LogP contribution in [0.2, 0.25) is 0 Å². The number of halogens is 1. The summed E-state index contributed by atoms with van der Waals surface area (Å²) < 4.78 is 21.8. The Bertz CT molecular complexity index is 1040. The standard InChI is InChI=1S/C20H19FN5O/c1-12-8-26(3-4-27-12)19-7-18(22-11-23-19)20-15-5-14(13-9-25(2)10-13)16(21)6-17(15)24-20/h5-7,9-12H,3-4,8H2,1-2H3/q+1. The highest BCUT2D eigenvalue weighted by Crippen LogP contribution is 2.37. The second kappa shape index (κ2) is 6.06. The molecule has 1 aromatic carbocycles. The molecular formula is C20H19FN5O+. The molecule has 3 aliphatic rings. The summed E-state index contributed by atoms with van der Waals surface area (Å²) in [5.41, 5.74) is 4.61. The van der Waals surface area contributed by atoms with Crippen molar-refractivity contribution in [3.8, 4) is 0 Å². The number of morpholine rings is 1. The first-order valence-electron chi connectivity index (χ1n) is 8.99. The van der Waals surface area contributed by atoms with Gasteiger partial charge in [0.25, 0.3) is 0 Å². The lowest BCUT2D eigenvalue weighted by Gasteiger charge is -2.32. The van der Waals surface area contributed by atoms with Crippen LogP contribution in [0.5, 0.6) is 0 Å². The van der Waals surface area contributed by atoms with E-state index < -0.39 is 0 Å². The van der Waals surface area contributed by atoms with Gasteiger partial charge in [-0.1, -0.05) is 0 Å². The van der Waals surface area contributed by atoms with E-state index in [9.17, 15) is 4.39 Å². The van der Waals surface area contributed by atoms with Gasteiger partial charge < -0.3 is 9.64 Å².